The topological polar surface area (TPSA) is 32.0 Å². The molecule has 23 heavy (non-hydrogen) atoms. The van der Waals surface area contributed by atoms with Crippen molar-refractivity contribution in [1.29, 1.82) is 0 Å². The Morgan fingerprint density at radius 1 is 1.04 bits per heavy atom. The van der Waals surface area contributed by atoms with E-state index in [1.54, 1.807) is 0 Å². The lowest BCUT2D eigenvalue weighted by molar-refractivity contribution is -0.0396. The second-order valence-corrected chi connectivity index (χ2v) is 6.72. The molecule has 2 fully saturated rings. The lowest BCUT2D eigenvalue weighted by Gasteiger charge is -2.22. The Bertz CT molecular complexity index is 837. The van der Waals surface area contributed by atoms with Crippen molar-refractivity contribution < 1.29 is 4.74 Å². The molecule has 2 aromatic heterocycles. The van der Waals surface area contributed by atoms with Gasteiger partial charge in [0.25, 0.3) is 0 Å². The van der Waals surface area contributed by atoms with E-state index in [0.29, 0.717) is 5.92 Å². The molecule has 1 saturated carbocycles. The number of nitrogens with zero attached hydrogens (tertiary/aromatic N) is 3. The maximum atomic E-state index is 5.93. The van der Waals surface area contributed by atoms with Crippen molar-refractivity contribution in [2.75, 3.05) is 6.61 Å². The van der Waals surface area contributed by atoms with Gasteiger partial charge >= 0.3 is 0 Å². The SMILES string of the molecule is c1ccc2c(c1)ccn2-c1cn(C2CCCCO2)nc1C1CC1. The monoisotopic (exact) mass is 307 g/mol. The van der Waals surface area contributed by atoms with Crippen molar-refractivity contribution in [3.8, 4) is 5.69 Å². The molecule has 0 amide bonds. The van der Waals surface area contributed by atoms with Gasteiger partial charge in [0.1, 0.15) is 6.23 Å². The van der Waals surface area contributed by atoms with Gasteiger partial charge in [-0.05, 0) is 49.6 Å². The van der Waals surface area contributed by atoms with E-state index in [1.165, 1.54) is 48.0 Å². The number of hydrogen-bond acceptors (Lipinski definition) is 2. The molecule has 2 aliphatic rings. The molecule has 4 heteroatoms. The highest BCUT2D eigenvalue weighted by atomic mass is 16.5. The van der Waals surface area contributed by atoms with Crippen LogP contribution >= 0.6 is 0 Å². The second-order valence-electron chi connectivity index (χ2n) is 6.72. The van der Waals surface area contributed by atoms with E-state index in [0.717, 1.165) is 13.0 Å². The molecule has 3 heterocycles. The molecule has 3 aromatic rings. The highest BCUT2D eigenvalue weighted by Gasteiger charge is 2.31. The van der Waals surface area contributed by atoms with Crippen LogP contribution in [-0.2, 0) is 4.74 Å². The highest BCUT2D eigenvalue weighted by Crippen LogP contribution is 2.43. The molecule has 1 atom stereocenters. The van der Waals surface area contributed by atoms with E-state index < -0.39 is 0 Å². The number of para-hydroxylation sites is 1. The number of rotatable bonds is 3. The first kappa shape index (κ1) is 13.4. The van der Waals surface area contributed by atoms with Crippen molar-refractivity contribution in [3.63, 3.8) is 0 Å². The molecule has 1 unspecified atom stereocenters. The molecule has 118 valence electrons. The Kier molecular flexibility index (Phi) is 3.05. The van der Waals surface area contributed by atoms with Crippen LogP contribution in [0, 0.1) is 0 Å². The Balaban J connectivity index is 1.62. The Labute approximate surface area is 135 Å². The fourth-order valence-corrected chi connectivity index (χ4v) is 3.60. The van der Waals surface area contributed by atoms with Crippen LogP contribution in [0.1, 0.15) is 49.9 Å². The summed E-state index contributed by atoms with van der Waals surface area (Å²) in [4.78, 5) is 0. The summed E-state index contributed by atoms with van der Waals surface area (Å²) in [5.74, 6) is 0.621. The third kappa shape index (κ3) is 2.29. The molecule has 0 bridgehead atoms. The summed E-state index contributed by atoms with van der Waals surface area (Å²) in [6, 6.07) is 10.7. The van der Waals surface area contributed by atoms with Gasteiger partial charge in [-0.3, -0.25) is 0 Å². The first-order valence-electron chi connectivity index (χ1n) is 8.67. The van der Waals surface area contributed by atoms with Crippen LogP contribution in [0.3, 0.4) is 0 Å². The number of benzene rings is 1. The Hall–Kier alpha value is -2.07. The standard InChI is InChI=1S/C19H21N3O/c1-2-6-16-14(5-1)10-11-21(16)17-13-22(18-7-3-4-12-23-18)20-19(17)15-8-9-15/h1-2,5-6,10-11,13,15,18H,3-4,7-9,12H2. The van der Waals surface area contributed by atoms with Crippen LogP contribution in [0.15, 0.2) is 42.7 Å². The van der Waals surface area contributed by atoms with Crippen LogP contribution in [0.4, 0.5) is 0 Å². The predicted octanol–water partition coefficient (Wildman–Crippen LogP) is 4.40. The van der Waals surface area contributed by atoms with Crippen LogP contribution in [-0.4, -0.2) is 21.0 Å². The minimum Gasteiger partial charge on any atom is -0.357 e. The van der Waals surface area contributed by atoms with Gasteiger partial charge in [0, 0.05) is 18.7 Å². The van der Waals surface area contributed by atoms with Gasteiger partial charge in [0.05, 0.1) is 23.1 Å². The van der Waals surface area contributed by atoms with Crippen molar-refractivity contribution >= 4 is 10.9 Å². The van der Waals surface area contributed by atoms with E-state index in [4.69, 9.17) is 9.84 Å². The van der Waals surface area contributed by atoms with Gasteiger partial charge < -0.3 is 9.30 Å². The average Bonchev–Trinajstić information content (AvgIpc) is 3.21. The zero-order valence-corrected chi connectivity index (χ0v) is 13.2. The maximum Gasteiger partial charge on any atom is 0.150 e. The summed E-state index contributed by atoms with van der Waals surface area (Å²) in [6.07, 6.45) is 10.4. The summed E-state index contributed by atoms with van der Waals surface area (Å²) in [7, 11) is 0. The van der Waals surface area contributed by atoms with Gasteiger partial charge in [0.2, 0.25) is 0 Å². The molecule has 0 spiro atoms. The van der Waals surface area contributed by atoms with Gasteiger partial charge in [-0.25, -0.2) is 4.68 Å². The maximum absolute atomic E-state index is 5.93. The van der Waals surface area contributed by atoms with E-state index in [9.17, 15) is 0 Å². The number of hydrogen-bond donors (Lipinski definition) is 0. The first-order valence-corrected chi connectivity index (χ1v) is 8.67. The lowest BCUT2D eigenvalue weighted by Crippen LogP contribution is -2.18. The molecule has 1 saturated heterocycles. The zero-order chi connectivity index (χ0) is 15.2. The summed E-state index contributed by atoms with van der Waals surface area (Å²) < 4.78 is 10.3. The van der Waals surface area contributed by atoms with Gasteiger partial charge in [0.15, 0.2) is 0 Å². The van der Waals surface area contributed by atoms with Gasteiger partial charge in [-0.1, -0.05) is 18.2 Å². The number of aromatic nitrogens is 3. The molecular formula is C19H21N3O. The average molecular weight is 307 g/mol. The minimum atomic E-state index is 0.108. The predicted molar refractivity (Wildman–Crippen MR) is 89.9 cm³/mol. The number of ether oxygens (including phenoxy) is 1. The molecule has 0 N–H and O–H groups in total. The summed E-state index contributed by atoms with van der Waals surface area (Å²) in [6.45, 7) is 0.852. The van der Waals surface area contributed by atoms with Gasteiger partial charge in [-0.15, -0.1) is 0 Å². The van der Waals surface area contributed by atoms with Gasteiger partial charge in [-0.2, -0.15) is 5.10 Å². The Morgan fingerprint density at radius 3 is 2.78 bits per heavy atom. The molecule has 4 nitrogen and oxygen atoms in total. The van der Waals surface area contributed by atoms with E-state index in [1.807, 2.05) is 0 Å². The zero-order valence-electron chi connectivity index (χ0n) is 13.2. The van der Waals surface area contributed by atoms with Crippen LogP contribution < -0.4 is 0 Å². The van der Waals surface area contributed by atoms with E-state index >= 15 is 0 Å². The molecule has 5 rings (SSSR count). The number of fused-ring (bicyclic) bond motifs is 1. The highest BCUT2D eigenvalue weighted by molar-refractivity contribution is 5.82. The summed E-state index contributed by atoms with van der Waals surface area (Å²) >= 11 is 0. The third-order valence-corrected chi connectivity index (χ3v) is 5.01. The van der Waals surface area contributed by atoms with Crippen LogP contribution in [0.25, 0.3) is 16.6 Å². The Morgan fingerprint density at radius 2 is 1.96 bits per heavy atom. The third-order valence-electron chi connectivity index (χ3n) is 5.01. The quantitative estimate of drug-likeness (QED) is 0.718. The summed E-state index contributed by atoms with van der Waals surface area (Å²) in [5, 5.41) is 6.20. The largest absolute Gasteiger partial charge is 0.357 e. The van der Waals surface area contributed by atoms with E-state index in [2.05, 4.69) is 52.0 Å². The molecular weight excluding hydrogens is 286 g/mol. The lowest BCUT2D eigenvalue weighted by atomic mass is 10.2. The fourth-order valence-electron chi connectivity index (χ4n) is 3.60. The normalized spacial score (nSPS) is 21.8. The van der Waals surface area contributed by atoms with Crippen LogP contribution in [0.2, 0.25) is 0 Å². The molecule has 1 aliphatic heterocycles. The molecule has 1 aromatic carbocycles. The smallest absolute Gasteiger partial charge is 0.150 e. The molecule has 0 radical (unpaired) electrons. The fraction of sp³-hybridized carbons (Fsp3) is 0.421. The van der Waals surface area contributed by atoms with Crippen molar-refractivity contribution in [1.82, 2.24) is 14.3 Å². The first-order chi connectivity index (χ1) is 11.4. The van der Waals surface area contributed by atoms with Crippen LogP contribution in [0.5, 0.6) is 0 Å². The van der Waals surface area contributed by atoms with E-state index in [-0.39, 0.29) is 6.23 Å². The molecule has 1 aliphatic carbocycles. The summed E-state index contributed by atoms with van der Waals surface area (Å²) in [5.41, 5.74) is 3.71. The van der Waals surface area contributed by atoms with Crippen molar-refractivity contribution in [2.45, 2.75) is 44.2 Å². The second kappa shape index (κ2) is 5.24. The van der Waals surface area contributed by atoms with Crippen molar-refractivity contribution in [3.05, 3.63) is 48.4 Å². The van der Waals surface area contributed by atoms with Crippen molar-refractivity contribution in [2.24, 2.45) is 0 Å². The minimum absolute atomic E-state index is 0.108.